The minimum atomic E-state index is -5.83. The Morgan fingerprint density at radius 2 is 0.693 bits per heavy atom. The number of carbonyl (C=O) groups is 2. The number of carbonyl (C=O) groups excluding carboxylic acids is 2. The number of halogens is 8. The molecule has 20 nitrogen and oxygen atoms in total. The van der Waals surface area contributed by atoms with E-state index in [1.807, 2.05) is 128 Å². The van der Waals surface area contributed by atoms with E-state index >= 15 is 0 Å². The number of phenols is 1. The summed E-state index contributed by atoms with van der Waals surface area (Å²) >= 11 is 0. The summed E-state index contributed by atoms with van der Waals surface area (Å²) in [7, 11) is -23.2. The molecule has 738 valence electrons. The van der Waals surface area contributed by atoms with Gasteiger partial charge in [0.25, 0.3) is 0 Å². The molecule has 3 atom stereocenters. The van der Waals surface area contributed by atoms with Crippen LogP contribution in [0.4, 0.5) is 35.1 Å². The van der Waals surface area contributed by atoms with E-state index in [4.69, 9.17) is 14.2 Å². The Kier molecular flexibility index (Phi) is 34.4. The molecular formula is C101H110F8O20S8. The zero-order valence-electron chi connectivity index (χ0n) is 75.8. The molecule has 8 saturated carbocycles. The Labute approximate surface area is 806 Å². The van der Waals surface area contributed by atoms with Crippen molar-refractivity contribution in [2.24, 2.45) is 46.3 Å². The Bertz CT molecular complexity index is 6040. The molecule has 1 N–H and O–H groups in total. The predicted molar refractivity (Wildman–Crippen MR) is 509 cm³/mol. The summed E-state index contributed by atoms with van der Waals surface area (Å²) < 4.78 is 259. The van der Waals surface area contributed by atoms with E-state index in [0.29, 0.717) is 102 Å². The van der Waals surface area contributed by atoms with Crippen molar-refractivity contribution >= 4 is 118 Å². The second kappa shape index (κ2) is 44.7. The monoisotopic (exact) mass is 2050 g/mol. The van der Waals surface area contributed by atoms with Gasteiger partial charge in [-0.15, -0.1) is 0 Å². The minimum Gasteiger partial charge on any atom is -0.743 e. The number of benzene rings is 10. The quantitative estimate of drug-likeness (QED) is 0.0156. The van der Waals surface area contributed by atoms with E-state index in [1.165, 1.54) is 100 Å². The maximum absolute atomic E-state index is 13.7. The molecule has 8 bridgehead atoms. The fourth-order valence-electron chi connectivity index (χ4n) is 20.1. The molecule has 10 aliphatic rings. The first-order valence-corrected chi connectivity index (χ1v) is 56.6. The van der Waals surface area contributed by atoms with Crippen LogP contribution >= 0.6 is 0 Å². The van der Waals surface area contributed by atoms with Gasteiger partial charge in [0.1, 0.15) is 46.0 Å². The largest absolute Gasteiger partial charge is 0.743 e. The first-order chi connectivity index (χ1) is 64.8. The van der Waals surface area contributed by atoms with E-state index in [1.54, 1.807) is 29.2 Å². The maximum atomic E-state index is 13.7. The SMILES string of the molecule is CC(Oc1ccc([S+](c2ccccc2)c2ccccc2)cc1)C(F)(F)S(=O)(=O)[O-].CCCCOc1ccc([S+]2CCCC2)c2ccccc12.Cc1ccc([S+](c2ccccc2)c2ccc(OC(C)C(F)(F)S(=O)(=O)[O-])cc2)cc1.O=C(OCC(F)(F)S(=O)(=O)[O-])C12CC3CC(CC(C3)C1)C2.O=C(OCC(F)(F)S(=O)(=O)[O-])C12CC3CC(CC(C3)C1)C2.Oc1ccc([S+]2CCCC2)c2ccccc12. The van der Waals surface area contributed by atoms with Crippen molar-refractivity contribution < 1.29 is 125 Å². The van der Waals surface area contributed by atoms with Gasteiger partial charge in [-0.3, -0.25) is 9.59 Å². The number of rotatable bonds is 28. The van der Waals surface area contributed by atoms with Gasteiger partial charge in [-0.1, -0.05) is 122 Å². The van der Waals surface area contributed by atoms with E-state index in [2.05, 4.69) is 83.1 Å². The highest BCUT2D eigenvalue weighted by Gasteiger charge is 2.59. The van der Waals surface area contributed by atoms with Gasteiger partial charge in [-0.25, -0.2) is 33.7 Å². The Hall–Kier alpha value is -8.66. The van der Waals surface area contributed by atoms with Crippen LogP contribution < -0.4 is 14.2 Å². The van der Waals surface area contributed by atoms with Crippen molar-refractivity contribution in [2.75, 3.05) is 42.8 Å². The van der Waals surface area contributed by atoms with Gasteiger partial charge in [-0.05, 0) is 299 Å². The second-order valence-electron chi connectivity index (χ2n) is 36.2. The second-order valence-corrected chi connectivity index (χ2v) is 50.7. The van der Waals surface area contributed by atoms with Gasteiger partial charge in [0, 0.05) is 43.3 Å². The zero-order valence-corrected chi connectivity index (χ0v) is 82.3. The first kappa shape index (κ1) is 106. The number of esters is 2. The lowest BCUT2D eigenvalue weighted by Gasteiger charge is -2.55. The highest BCUT2D eigenvalue weighted by Crippen LogP contribution is 2.62. The normalized spacial score (nSPS) is 22.0. The van der Waals surface area contributed by atoms with Crippen molar-refractivity contribution in [3.05, 3.63) is 242 Å². The van der Waals surface area contributed by atoms with E-state index < -0.39 is 131 Å². The molecule has 0 radical (unpaired) electrons. The fraction of sp³-hybridized carbons (Fsp3) is 0.426. The summed E-state index contributed by atoms with van der Waals surface area (Å²) in [6.45, 7) is 3.37. The van der Waals surface area contributed by atoms with Gasteiger partial charge in [0.15, 0.2) is 105 Å². The van der Waals surface area contributed by atoms with Crippen molar-refractivity contribution in [2.45, 2.75) is 216 Å². The lowest BCUT2D eigenvalue weighted by Crippen LogP contribution is -2.51. The number of hydrogen-bond acceptors (Lipinski definition) is 20. The van der Waals surface area contributed by atoms with E-state index in [0.717, 1.165) is 111 Å². The molecule has 10 fully saturated rings. The third kappa shape index (κ3) is 25.8. The van der Waals surface area contributed by atoms with Crippen LogP contribution in [-0.2, 0) is 103 Å². The van der Waals surface area contributed by atoms with Crippen LogP contribution in [0.5, 0.6) is 23.0 Å². The van der Waals surface area contributed by atoms with Crippen molar-refractivity contribution in [1.82, 2.24) is 0 Å². The van der Waals surface area contributed by atoms with E-state index in [9.17, 15) is 102 Å². The van der Waals surface area contributed by atoms with E-state index in [-0.39, 0.29) is 11.5 Å². The van der Waals surface area contributed by atoms with Crippen LogP contribution in [0.2, 0.25) is 0 Å². The maximum Gasteiger partial charge on any atom is 0.369 e. The number of unbranched alkanes of at least 4 members (excludes halogenated alkanes) is 1. The molecule has 8 aliphatic carbocycles. The molecule has 0 aromatic heterocycles. The molecule has 20 rings (SSSR count). The molecule has 2 saturated heterocycles. The van der Waals surface area contributed by atoms with Crippen LogP contribution in [0.15, 0.2) is 276 Å². The number of aromatic hydroxyl groups is 1. The average molecular weight is 2050 g/mol. The van der Waals surface area contributed by atoms with Crippen molar-refractivity contribution in [1.29, 1.82) is 0 Å². The van der Waals surface area contributed by atoms with Crippen molar-refractivity contribution in [3.63, 3.8) is 0 Å². The molecule has 2 heterocycles. The van der Waals surface area contributed by atoms with Gasteiger partial charge in [0.2, 0.25) is 0 Å². The highest BCUT2D eigenvalue weighted by molar-refractivity contribution is 7.98. The highest BCUT2D eigenvalue weighted by atomic mass is 32.2. The Morgan fingerprint density at radius 3 is 1.01 bits per heavy atom. The number of hydrogen-bond donors (Lipinski definition) is 1. The van der Waals surface area contributed by atoms with Crippen LogP contribution in [-0.4, -0.2) is 145 Å². The standard InChI is InChI=1S/C22H20F2O4S2.C21H18F2O4S2.C18H23OS.C14H14OS.2C13H18F2O5S/c1-16-8-12-20(13-9-16)29(19-6-4-3-5-7-19)21-14-10-18(11-15-21)28-17(2)22(23,24)30(25,26)27;1-16(21(22,23)29(24,25)26)27-17-12-14-20(15-13-17)28(18-8-4-2-5-9-18)19-10-6-3-7-11-19;1-2-3-12-19-17-10-11-18(20-13-6-7-14-20)16-9-5-4-8-15(16)17;15-13-7-8-14(16-9-3-4-10-16)12-6-2-1-5-11(12)13;2*14-13(15,21(17,18)19)7-20-11(16)12-4-8-1-9(5-12)3-10(2-8)6-12/h3-15,17H,1-2H3;2-16H,1H3;4-5,8-11H,2-3,6-7,12-14H2,1H3;1-2,5-8H,3-4,9-10H2;2*8-10H,1-7H2,(H,17,18,19)/q;;+1;;;/p-1. The smallest absolute Gasteiger partial charge is 0.369 e. The van der Waals surface area contributed by atoms with Crippen LogP contribution in [0, 0.1) is 53.3 Å². The molecule has 36 heteroatoms. The summed E-state index contributed by atoms with van der Waals surface area (Å²) in [5, 5.41) is -3.39. The third-order valence-electron chi connectivity index (χ3n) is 26.1. The molecule has 137 heavy (non-hydrogen) atoms. The van der Waals surface area contributed by atoms with Crippen LogP contribution in [0.3, 0.4) is 0 Å². The molecule has 2 aliphatic heterocycles. The average Bonchev–Trinajstić information content (AvgIpc) is 0.880. The Balaban J connectivity index is 0.000000140. The summed E-state index contributed by atoms with van der Waals surface area (Å²) in [6, 6.07) is 76.2. The number of aryl methyl sites for hydroxylation is 1. The number of fused-ring (bicyclic) bond motifs is 2. The van der Waals surface area contributed by atoms with Crippen LogP contribution in [0.25, 0.3) is 21.5 Å². The summed E-state index contributed by atoms with van der Waals surface area (Å²) in [5.74, 6) is 8.08. The number of phenolic OH excluding ortho intramolecular Hbond substituents is 1. The molecular weight excluding hydrogens is 1940 g/mol. The molecule has 0 spiro atoms. The van der Waals surface area contributed by atoms with Crippen LogP contribution in [0.1, 0.15) is 142 Å². The Morgan fingerprint density at radius 1 is 0.401 bits per heavy atom. The predicted octanol–water partition coefficient (Wildman–Crippen LogP) is 21.6. The first-order valence-electron chi connectivity index (χ1n) is 45.4. The molecule has 10 aromatic carbocycles. The van der Waals surface area contributed by atoms with Gasteiger partial charge in [0.05, 0.1) is 39.2 Å². The fourth-order valence-corrected chi connectivity index (χ4v) is 30.6. The molecule has 3 unspecified atom stereocenters. The minimum absolute atomic E-state index is 0.0502. The zero-order chi connectivity index (χ0) is 98.7. The van der Waals surface area contributed by atoms with Gasteiger partial charge < -0.3 is 47.0 Å². The number of ether oxygens (including phenoxy) is 5. The lowest BCUT2D eigenvalue weighted by molar-refractivity contribution is -0.177. The molecule has 10 aromatic rings. The summed E-state index contributed by atoms with van der Waals surface area (Å²) in [5.41, 5.74) is -0.336. The van der Waals surface area contributed by atoms with Crippen molar-refractivity contribution in [3.8, 4) is 23.0 Å². The van der Waals surface area contributed by atoms with Gasteiger partial charge >= 0.3 is 33.0 Å². The molecule has 0 amide bonds. The summed E-state index contributed by atoms with van der Waals surface area (Å²) in [6.07, 6.45) is 13.9. The van der Waals surface area contributed by atoms with Gasteiger partial charge in [-0.2, -0.15) is 35.1 Å². The lowest BCUT2D eigenvalue weighted by atomic mass is 9.49. The third-order valence-corrected chi connectivity index (χ3v) is 39.4. The topological polar surface area (TPSA) is 329 Å². The summed E-state index contributed by atoms with van der Waals surface area (Å²) in [4.78, 5) is 33.7. The number of alkyl halides is 8.